The van der Waals surface area contributed by atoms with E-state index in [4.69, 9.17) is 17.3 Å². The first-order chi connectivity index (χ1) is 9.54. The third-order valence-electron chi connectivity index (χ3n) is 3.50. The lowest BCUT2D eigenvalue weighted by molar-refractivity contribution is 0.143. The quantitative estimate of drug-likeness (QED) is 0.905. The number of hydrogen-bond donors (Lipinski definition) is 2. The van der Waals surface area contributed by atoms with Crippen molar-refractivity contribution in [1.82, 2.24) is 0 Å². The molecule has 2 unspecified atom stereocenters. The summed E-state index contributed by atoms with van der Waals surface area (Å²) in [4.78, 5) is 0. The molecule has 106 valence electrons. The summed E-state index contributed by atoms with van der Waals surface area (Å²) in [6.07, 6.45) is -1.03. The number of benzene rings is 2. The molecule has 0 aliphatic carbocycles. The lowest BCUT2D eigenvalue weighted by atomic mass is 9.86. The first kappa shape index (κ1) is 15.0. The first-order valence-corrected chi connectivity index (χ1v) is 6.81. The number of hydrogen-bond acceptors (Lipinski definition) is 2. The molecule has 2 atom stereocenters. The van der Waals surface area contributed by atoms with Crippen LogP contribution in [0.1, 0.15) is 28.7 Å². The van der Waals surface area contributed by atoms with Crippen LogP contribution < -0.4 is 5.73 Å². The number of nitrogens with two attached hydrogens (primary N) is 1. The highest BCUT2D eigenvalue weighted by atomic mass is 35.5. The van der Waals surface area contributed by atoms with Gasteiger partial charge >= 0.3 is 0 Å². The Balaban J connectivity index is 2.41. The smallest absolute Gasteiger partial charge is 0.129 e. The van der Waals surface area contributed by atoms with Gasteiger partial charge in [0.2, 0.25) is 0 Å². The summed E-state index contributed by atoms with van der Waals surface area (Å²) >= 11 is 5.88. The van der Waals surface area contributed by atoms with Crippen molar-refractivity contribution in [3.05, 3.63) is 70.0 Å². The van der Waals surface area contributed by atoms with Crippen molar-refractivity contribution in [2.24, 2.45) is 5.73 Å². The molecule has 0 aliphatic heterocycles. The fourth-order valence-corrected chi connectivity index (χ4v) is 2.57. The van der Waals surface area contributed by atoms with Crippen molar-refractivity contribution in [3.63, 3.8) is 0 Å². The summed E-state index contributed by atoms with van der Waals surface area (Å²) in [6, 6.07) is 11.8. The maximum atomic E-state index is 13.9. The summed E-state index contributed by atoms with van der Waals surface area (Å²) in [7, 11) is 0. The van der Waals surface area contributed by atoms with Gasteiger partial charge in [0.1, 0.15) is 5.82 Å². The van der Waals surface area contributed by atoms with Crippen LogP contribution in [-0.2, 0) is 0 Å². The summed E-state index contributed by atoms with van der Waals surface area (Å²) in [5, 5.41) is 10.9. The molecule has 0 saturated carbocycles. The van der Waals surface area contributed by atoms with Gasteiger partial charge in [0.15, 0.2) is 0 Å². The van der Waals surface area contributed by atoms with Gasteiger partial charge < -0.3 is 10.8 Å². The molecule has 0 aliphatic rings. The zero-order valence-electron chi connectivity index (χ0n) is 11.2. The van der Waals surface area contributed by atoms with Crippen molar-refractivity contribution in [2.75, 3.05) is 6.54 Å². The third kappa shape index (κ3) is 3.01. The van der Waals surface area contributed by atoms with Crippen LogP contribution in [0.3, 0.4) is 0 Å². The molecule has 0 amide bonds. The average molecular weight is 294 g/mol. The Labute approximate surface area is 123 Å². The van der Waals surface area contributed by atoms with E-state index in [0.717, 1.165) is 11.1 Å². The molecule has 0 spiro atoms. The SMILES string of the molecule is Cc1ccccc1C(CN)C(O)c1cc(Cl)ccc1F. The largest absolute Gasteiger partial charge is 0.388 e. The van der Waals surface area contributed by atoms with Gasteiger partial charge in [-0.2, -0.15) is 0 Å². The predicted octanol–water partition coefficient (Wildman–Crippen LogP) is 3.56. The van der Waals surface area contributed by atoms with Crippen molar-refractivity contribution in [2.45, 2.75) is 18.9 Å². The maximum Gasteiger partial charge on any atom is 0.129 e. The Kier molecular flexibility index (Phi) is 4.76. The van der Waals surface area contributed by atoms with Crippen LogP contribution >= 0.6 is 11.6 Å². The highest BCUT2D eigenvalue weighted by Crippen LogP contribution is 2.34. The molecule has 0 saturated heterocycles. The summed E-state index contributed by atoms with van der Waals surface area (Å²) < 4.78 is 13.9. The van der Waals surface area contributed by atoms with Crippen LogP contribution in [0.25, 0.3) is 0 Å². The monoisotopic (exact) mass is 293 g/mol. The van der Waals surface area contributed by atoms with Gasteiger partial charge in [0.05, 0.1) is 6.10 Å². The molecular weight excluding hydrogens is 277 g/mol. The van der Waals surface area contributed by atoms with Crippen LogP contribution in [0.15, 0.2) is 42.5 Å². The van der Waals surface area contributed by atoms with Crippen molar-refractivity contribution >= 4 is 11.6 Å². The Morgan fingerprint density at radius 1 is 1.20 bits per heavy atom. The number of aliphatic hydroxyl groups excluding tert-OH is 1. The molecule has 0 heterocycles. The van der Waals surface area contributed by atoms with Gasteiger partial charge in [-0.3, -0.25) is 0 Å². The molecule has 2 aromatic rings. The minimum absolute atomic E-state index is 0.177. The molecule has 0 bridgehead atoms. The van der Waals surface area contributed by atoms with Gasteiger partial charge in [-0.05, 0) is 36.2 Å². The molecule has 2 aromatic carbocycles. The van der Waals surface area contributed by atoms with E-state index >= 15 is 0 Å². The Hall–Kier alpha value is -1.42. The topological polar surface area (TPSA) is 46.2 Å². The maximum absolute atomic E-state index is 13.9. The van der Waals surface area contributed by atoms with Gasteiger partial charge in [-0.1, -0.05) is 35.9 Å². The van der Waals surface area contributed by atoms with Gasteiger partial charge in [-0.15, -0.1) is 0 Å². The molecule has 2 nitrogen and oxygen atoms in total. The lowest BCUT2D eigenvalue weighted by Crippen LogP contribution is -2.21. The van der Waals surface area contributed by atoms with E-state index in [1.807, 2.05) is 31.2 Å². The van der Waals surface area contributed by atoms with Crippen LogP contribution in [-0.4, -0.2) is 11.7 Å². The van der Waals surface area contributed by atoms with Gasteiger partial charge in [0.25, 0.3) is 0 Å². The Morgan fingerprint density at radius 2 is 1.90 bits per heavy atom. The van der Waals surface area contributed by atoms with E-state index < -0.39 is 11.9 Å². The molecular formula is C16H17ClFNO. The van der Waals surface area contributed by atoms with E-state index in [0.29, 0.717) is 5.02 Å². The minimum atomic E-state index is -1.03. The molecule has 20 heavy (non-hydrogen) atoms. The lowest BCUT2D eigenvalue weighted by Gasteiger charge is -2.24. The zero-order chi connectivity index (χ0) is 14.7. The van der Waals surface area contributed by atoms with Crippen molar-refractivity contribution in [3.8, 4) is 0 Å². The van der Waals surface area contributed by atoms with E-state index in [9.17, 15) is 9.50 Å². The summed E-state index contributed by atoms with van der Waals surface area (Å²) in [6.45, 7) is 2.16. The van der Waals surface area contributed by atoms with Crippen LogP contribution in [0, 0.1) is 12.7 Å². The standard InChI is InChI=1S/C16H17ClFNO/c1-10-4-2-3-5-12(10)14(9-19)16(20)13-8-11(17)6-7-15(13)18/h2-8,14,16,20H,9,19H2,1H3. The Morgan fingerprint density at radius 3 is 2.55 bits per heavy atom. The molecule has 0 radical (unpaired) electrons. The average Bonchev–Trinajstić information content (AvgIpc) is 2.44. The number of aryl methyl sites for hydroxylation is 1. The molecule has 4 heteroatoms. The van der Waals surface area contributed by atoms with E-state index in [-0.39, 0.29) is 18.0 Å². The van der Waals surface area contributed by atoms with E-state index in [2.05, 4.69) is 0 Å². The van der Waals surface area contributed by atoms with Gasteiger partial charge in [0, 0.05) is 23.0 Å². The molecule has 2 rings (SSSR count). The summed E-state index contributed by atoms with van der Waals surface area (Å²) in [5.74, 6) is -0.849. The third-order valence-corrected chi connectivity index (χ3v) is 3.73. The second-order valence-corrected chi connectivity index (χ2v) is 5.25. The normalized spacial score (nSPS) is 14.1. The fraction of sp³-hybridized carbons (Fsp3) is 0.250. The zero-order valence-corrected chi connectivity index (χ0v) is 11.9. The summed E-state index contributed by atoms with van der Waals surface area (Å²) in [5.41, 5.74) is 7.90. The Bertz CT molecular complexity index is 603. The predicted molar refractivity (Wildman–Crippen MR) is 79.3 cm³/mol. The number of rotatable bonds is 4. The highest BCUT2D eigenvalue weighted by Gasteiger charge is 2.25. The van der Waals surface area contributed by atoms with E-state index in [1.54, 1.807) is 0 Å². The van der Waals surface area contributed by atoms with E-state index in [1.165, 1.54) is 18.2 Å². The molecule has 3 N–H and O–H groups in total. The fourth-order valence-electron chi connectivity index (χ4n) is 2.39. The second kappa shape index (κ2) is 6.35. The van der Waals surface area contributed by atoms with Crippen LogP contribution in [0.2, 0.25) is 5.02 Å². The molecule has 0 fully saturated rings. The number of halogens is 2. The van der Waals surface area contributed by atoms with Crippen LogP contribution in [0.5, 0.6) is 0 Å². The van der Waals surface area contributed by atoms with Crippen LogP contribution in [0.4, 0.5) is 4.39 Å². The second-order valence-electron chi connectivity index (χ2n) is 4.81. The highest BCUT2D eigenvalue weighted by molar-refractivity contribution is 6.30. The molecule has 0 aromatic heterocycles. The minimum Gasteiger partial charge on any atom is -0.388 e. The van der Waals surface area contributed by atoms with Crippen molar-refractivity contribution < 1.29 is 9.50 Å². The van der Waals surface area contributed by atoms with Crippen molar-refractivity contribution in [1.29, 1.82) is 0 Å². The number of aliphatic hydroxyl groups is 1. The first-order valence-electron chi connectivity index (χ1n) is 6.43. The van der Waals surface area contributed by atoms with Gasteiger partial charge in [-0.25, -0.2) is 4.39 Å².